The monoisotopic (exact) mass is 362 g/mol. The fraction of sp³-hybridized carbons (Fsp3) is 0.714. The van der Waals surface area contributed by atoms with E-state index in [-0.39, 0.29) is 12.4 Å². The second-order valence-electron chi connectivity index (χ2n) is 5.11. The zero-order chi connectivity index (χ0) is 17.3. The molecule has 0 amide bonds. The Morgan fingerprint density at radius 2 is 2.04 bits per heavy atom. The van der Waals surface area contributed by atoms with E-state index in [0.717, 1.165) is 22.1 Å². The van der Waals surface area contributed by atoms with Gasteiger partial charge in [0.05, 0.1) is 36.2 Å². The van der Waals surface area contributed by atoms with E-state index in [1.165, 1.54) is 6.26 Å². The van der Waals surface area contributed by atoms with E-state index in [0.29, 0.717) is 25.7 Å². The molecule has 9 heteroatoms. The second-order valence-corrected chi connectivity index (χ2v) is 8.65. The van der Waals surface area contributed by atoms with Gasteiger partial charge < -0.3 is 15.4 Å². The van der Waals surface area contributed by atoms with Crippen molar-refractivity contribution in [2.45, 2.75) is 27.3 Å². The SMILES string of the molecule is CCNC(=NCc1sc(C)nc1C)NCCOCCS(C)(=O)=O. The molecule has 0 spiro atoms. The maximum absolute atomic E-state index is 11.0. The van der Waals surface area contributed by atoms with Crippen LogP contribution in [-0.4, -0.2) is 57.7 Å². The number of nitrogens with zero attached hydrogens (tertiary/aromatic N) is 2. The number of aromatic nitrogens is 1. The van der Waals surface area contributed by atoms with Crippen LogP contribution in [-0.2, 0) is 21.1 Å². The summed E-state index contributed by atoms with van der Waals surface area (Å²) in [4.78, 5) is 10.1. The van der Waals surface area contributed by atoms with Gasteiger partial charge in [-0.25, -0.2) is 18.4 Å². The molecule has 132 valence electrons. The molecule has 7 nitrogen and oxygen atoms in total. The number of ether oxygens (including phenoxy) is 1. The van der Waals surface area contributed by atoms with Crippen molar-refractivity contribution in [3.8, 4) is 0 Å². The van der Waals surface area contributed by atoms with Gasteiger partial charge in [-0.1, -0.05) is 0 Å². The summed E-state index contributed by atoms with van der Waals surface area (Å²) < 4.78 is 27.2. The minimum Gasteiger partial charge on any atom is -0.379 e. The Balaban J connectivity index is 2.36. The van der Waals surface area contributed by atoms with Crippen molar-refractivity contribution in [1.82, 2.24) is 15.6 Å². The summed E-state index contributed by atoms with van der Waals surface area (Å²) in [5, 5.41) is 7.38. The van der Waals surface area contributed by atoms with Crippen molar-refractivity contribution in [3.05, 3.63) is 15.6 Å². The van der Waals surface area contributed by atoms with Gasteiger partial charge >= 0.3 is 0 Å². The van der Waals surface area contributed by atoms with Crippen LogP contribution in [0.1, 0.15) is 22.5 Å². The fourth-order valence-electron chi connectivity index (χ4n) is 1.77. The van der Waals surface area contributed by atoms with Crippen LogP contribution in [0.4, 0.5) is 0 Å². The van der Waals surface area contributed by atoms with Crippen LogP contribution in [0.15, 0.2) is 4.99 Å². The van der Waals surface area contributed by atoms with Crippen LogP contribution in [0.3, 0.4) is 0 Å². The van der Waals surface area contributed by atoms with Crippen molar-refractivity contribution in [3.63, 3.8) is 0 Å². The lowest BCUT2D eigenvalue weighted by Gasteiger charge is -2.11. The van der Waals surface area contributed by atoms with Gasteiger partial charge in [-0.15, -0.1) is 11.3 Å². The van der Waals surface area contributed by atoms with Crippen LogP contribution >= 0.6 is 11.3 Å². The molecular formula is C14H26N4O3S2. The van der Waals surface area contributed by atoms with E-state index in [1.54, 1.807) is 11.3 Å². The lowest BCUT2D eigenvalue weighted by atomic mass is 10.4. The number of sulfone groups is 1. The maximum Gasteiger partial charge on any atom is 0.191 e. The maximum atomic E-state index is 11.0. The van der Waals surface area contributed by atoms with Gasteiger partial charge in [-0.3, -0.25) is 0 Å². The summed E-state index contributed by atoms with van der Waals surface area (Å²) >= 11 is 1.66. The third kappa shape index (κ3) is 8.87. The Labute approximate surface area is 142 Å². The second kappa shape index (κ2) is 9.84. The largest absolute Gasteiger partial charge is 0.379 e. The summed E-state index contributed by atoms with van der Waals surface area (Å²) in [7, 11) is -2.96. The summed E-state index contributed by atoms with van der Waals surface area (Å²) in [5.74, 6) is 0.759. The van der Waals surface area contributed by atoms with Crippen LogP contribution in [0.2, 0.25) is 0 Å². The van der Waals surface area contributed by atoms with E-state index in [9.17, 15) is 8.42 Å². The van der Waals surface area contributed by atoms with Gasteiger partial charge in [0.15, 0.2) is 5.96 Å². The Bertz CT molecular complexity index is 612. The van der Waals surface area contributed by atoms with E-state index >= 15 is 0 Å². The predicted octanol–water partition coefficient (Wildman–Crippen LogP) is 0.876. The highest BCUT2D eigenvalue weighted by molar-refractivity contribution is 7.90. The van der Waals surface area contributed by atoms with Gasteiger partial charge in [0.1, 0.15) is 9.84 Å². The summed E-state index contributed by atoms with van der Waals surface area (Å²) in [6, 6.07) is 0. The van der Waals surface area contributed by atoms with E-state index < -0.39 is 9.84 Å². The van der Waals surface area contributed by atoms with Gasteiger partial charge in [0, 0.05) is 24.2 Å². The smallest absolute Gasteiger partial charge is 0.191 e. The van der Waals surface area contributed by atoms with Gasteiger partial charge in [-0.2, -0.15) is 0 Å². The lowest BCUT2D eigenvalue weighted by Crippen LogP contribution is -2.39. The fourth-order valence-corrected chi connectivity index (χ4v) is 3.05. The first-order valence-corrected chi connectivity index (χ1v) is 10.4. The molecule has 1 rings (SSSR count). The molecule has 0 radical (unpaired) electrons. The molecule has 0 fully saturated rings. The number of rotatable bonds is 9. The van der Waals surface area contributed by atoms with Gasteiger partial charge in [0.25, 0.3) is 0 Å². The molecule has 0 saturated heterocycles. The zero-order valence-corrected chi connectivity index (χ0v) is 15.8. The van der Waals surface area contributed by atoms with E-state index in [2.05, 4.69) is 20.6 Å². The van der Waals surface area contributed by atoms with Crippen LogP contribution < -0.4 is 10.6 Å². The molecule has 0 bridgehead atoms. The first kappa shape index (κ1) is 19.9. The third-order valence-electron chi connectivity index (χ3n) is 2.86. The summed E-state index contributed by atoms with van der Waals surface area (Å²) in [6.07, 6.45) is 1.20. The molecular weight excluding hydrogens is 336 g/mol. The number of hydrogen-bond donors (Lipinski definition) is 2. The molecule has 0 aromatic carbocycles. The average Bonchev–Trinajstić information content (AvgIpc) is 2.76. The first-order chi connectivity index (χ1) is 10.8. The van der Waals surface area contributed by atoms with Crippen LogP contribution in [0, 0.1) is 13.8 Å². The predicted molar refractivity (Wildman–Crippen MR) is 94.9 cm³/mol. The molecule has 0 atom stereocenters. The van der Waals surface area contributed by atoms with Crippen molar-refractivity contribution in [1.29, 1.82) is 0 Å². The summed E-state index contributed by atoms with van der Waals surface area (Å²) in [6.45, 7) is 8.54. The first-order valence-electron chi connectivity index (χ1n) is 7.52. The zero-order valence-electron chi connectivity index (χ0n) is 14.2. The van der Waals surface area contributed by atoms with Crippen molar-refractivity contribution < 1.29 is 13.2 Å². The van der Waals surface area contributed by atoms with Crippen LogP contribution in [0.25, 0.3) is 0 Å². The summed E-state index contributed by atoms with van der Waals surface area (Å²) in [5.41, 5.74) is 1.02. The Morgan fingerprint density at radius 1 is 1.30 bits per heavy atom. The molecule has 0 saturated carbocycles. The average molecular weight is 363 g/mol. The molecule has 1 aromatic rings. The standard InChI is InChI=1S/C14H26N4O3S2/c1-5-15-14(16-6-7-21-8-9-23(4,19)20)17-10-13-11(2)18-12(3)22-13/h5-10H2,1-4H3,(H2,15,16,17). The molecule has 0 aliphatic carbocycles. The number of aliphatic imine (C=N–C) groups is 1. The number of aryl methyl sites for hydroxylation is 2. The third-order valence-corrected chi connectivity index (χ3v) is 4.83. The lowest BCUT2D eigenvalue weighted by molar-refractivity contribution is 0.154. The minimum atomic E-state index is -2.96. The number of nitrogens with one attached hydrogen (secondary N) is 2. The number of hydrogen-bond acceptors (Lipinski definition) is 6. The quantitative estimate of drug-likeness (QED) is 0.385. The highest BCUT2D eigenvalue weighted by atomic mass is 32.2. The molecule has 1 heterocycles. The van der Waals surface area contributed by atoms with Crippen molar-refractivity contribution >= 4 is 27.1 Å². The molecule has 0 aliphatic rings. The number of thiazole rings is 1. The molecule has 0 unspecified atom stereocenters. The van der Waals surface area contributed by atoms with Crippen molar-refractivity contribution in [2.24, 2.45) is 4.99 Å². The highest BCUT2D eigenvalue weighted by Gasteiger charge is 2.05. The Morgan fingerprint density at radius 3 is 2.61 bits per heavy atom. The number of guanidine groups is 1. The van der Waals surface area contributed by atoms with Gasteiger partial charge in [0.2, 0.25) is 0 Å². The normalized spacial score (nSPS) is 12.4. The minimum absolute atomic E-state index is 0.0468. The highest BCUT2D eigenvalue weighted by Crippen LogP contribution is 2.17. The topological polar surface area (TPSA) is 92.7 Å². The Hall–Kier alpha value is -1.19. The Kier molecular flexibility index (Phi) is 8.49. The van der Waals surface area contributed by atoms with E-state index in [1.807, 2.05) is 20.8 Å². The molecule has 1 aromatic heterocycles. The van der Waals surface area contributed by atoms with E-state index in [4.69, 9.17) is 4.74 Å². The molecule has 2 N–H and O–H groups in total. The molecule has 23 heavy (non-hydrogen) atoms. The van der Waals surface area contributed by atoms with Crippen LogP contribution in [0.5, 0.6) is 0 Å². The molecule has 0 aliphatic heterocycles. The van der Waals surface area contributed by atoms with Crippen molar-refractivity contribution in [2.75, 3.05) is 38.3 Å². The van der Waals surface area contributed by atoms with Gasteiger partial charge in [-0.05, 0) is 20.8 Å².